The van der Waals surface area contributed by atoms with Crippen molar-refractivity contribution in [2.24, 2.45) is 23.3 Å². The number of hydrogen-bond donors (Lipinski definition) is 6. The van der Waals surface area contributed by atoms with Crippen LogP contribution in [0.3, 0.4) is 0 Å². The number of nitrogens with two attached hydrogens (primary N) is 2. The minimum atomic E-state index is -1.78. The number of benzene rings is 2. The normalized spacial score (nSPS) is 15.5. The Labute approximate surface area is 295 Å². The zero-order valence-corrected chi connectivity index (χ0v) is 30.1. The predicted octanol–water partition coefficient (Wildman–Crippen LogP) is 2.65. The van der Waals surface area contributed by atoms with E-state index >= 15 is 0 Å². The third-order valence-electron chi connectivity index (χ3n) is 8.79. The topological polar surface area (TPSA) is 214 Å². The first-order chi connectivity index (χ1) is 23.6. The minimum Gasteiger partial charge on any atom is -0.444 e. The number of rotatable bonds is 19. The van der Waals surface area contributed by atoms with E-state index < -0.39 is 71.9 Å². The van der Waals surface area contributed by atoms with Crippen LogP contribution in [0.25, 0.3) is 11.1 Å². The Morgan fingerprint density at radius 3 is 2.16 bits per heavy atom. The number of unbranched alkanes of at least 4 members (excludes halogenated alkanes) is 2. The van der Waals surface area contributed by atoms with Crippen LogP contribution < -0.4 is 22.1 Å². The summed E-state index contributed by atoms with van der Waals surface area (Å²) in [6, 6.07) is 13.2. The molecule has 13 heteroatoms. The van der Waals surface area contributed by atoms with Crippen molar-refractivity contribution in [3.8, 4) is 11.1 Å². The highest BCUT2D eigenvalue weighted by atomic mass is 16.6. The molecular formula is C37H55N5O8. The lowest BCUT2D eigenvalue weighted by Gasteiger charge is -2.35. The Balaban J connectivity index is 2.15. The third kappa shape index (κ3) is 11.4. The monoisotopic (exact) mass is 697 g/mol. The molecule has 0 heterocycles. The lowest BCUT2D eigenvalue weighted by Crippen LogP contribution is -2.64. The van der Waals surface area contributed by atoms with Crippen LogP contribution in [0.4, 0.5) is 4.79 Å². The highest BCUT2D eigenvalue weighted by Gasteiger charge is 2.41. The maximum Gasteiger partial charge on any atom is 0.417 e. The van der Waals surface area contributed by atoms with Gasteiger partial charge in [-0.1, -0.05) is 94.6 Å². The molecule has 4 amide bonds. The van der Waals surface area contributed by atoms with E-state index in [1.54, 1.807) is 26.0 Å². The number of nitrogens with one attached hydrogen (secondary N) is 2. The standard InChI is InChI=1S/C37H55N5O8/c1-7-8-10-19-30(44)32(45)31(23(2)3)41-35(48)37(6,39)28(21-43)20-40-33(46)25(5)42(34(47)24(4)38)36(49)50-22-27-17-13-14-18-29(27)26-15-11-9-12-16-26/h9,11-18,23-25,28,30-31,43-44H,7-8,10,19-22,38-39H2,1-6H3,(H,40,46)(H,41,48)/t24-,25-,28?,30?,31?,37+/m0/s1. The van der Waals surface area contributed by atoms with Crippen LogP contribution in [0, 0.1) is 11.8 Å². The molecule has 0 spiro atoms. The molecular weight excluding hydrogens is 642 g/mol. The molecule has 0 saturated heterocycles. The van der Waals surface area contributed by atoms with E-state index in [9.17, 15) is 34.2 Å². The van der Waals surface area contributed by atoms with Gasteiger partial charge >= 0.3 is 6.09 Å². The van der Waals surface area contributed by atoms with Gasteiger partial charge in [0.1, 0.15) is 18.8 Å². The third-order valence-corrected chi connectivity index (χ3v) is 8.79. The molecule has 6 atom stereocenters. The molecule has 0 aliphatic heterocycles. The predicted molar refractivity (Wildman–Crippen MR) is 190 cm³/mol. The van der Waals surface area contributed by atoms with E-state index in [2.05, 4.69) is 10.6 Å². The summed E-state index contributed by atoms with van der Waals surface area (Å²) < 4.78 is 5.52. The molecule has 8 N–H and O–H groups in total. The van der Waals surface area contributed by atoms with E-state index in [0.29, 0.717) is 16.9 Å². The number of ether oxygens (including phenoxy) is 1. The first-order valence-corrected chi connectivity index (χ1v) is 17.2. The summed E-state index contributed by atoms with van der Waals surface area (Å²) in [6.45, 7) is 8.37. The Kier molecular flexibility index (Phi) is 16.7. The number of amides is 4. The highest BCUT2D eigenvalue weighted by Crippen LogP contribution is 2.24. The van der Waals surface area contributed by atoms with Gasteiger partial charge in [0.25, 0.3) is 0 Å². The minimum absolute atomic E-state index is 0.191. The van der Waals surface area contributed by atoms with Crippen LogP contribution in [0.1, 0.15) is 72.8 Å². The van der Waals surface area contributed by atoms with Crippen molar-refractivity contribution in [2.75, 3.05) is 13.2 Å². The fourth-order valence-electron chi connectivity index (χ4n) is 5.35. The second-order valence-electron chi connectivity index (χ2n) is 13.3. The molecule has 2 rings (SSSR count). The van der Waals surface area contributed by atoms with Crippen LogP contribution in [0.2, 0.25) is 0 Å². The zero-order valence-electron chi connectivity index (χ0n) is 30.1. The summed E-state index contributed by atoms with van der Waals surface area (Å²) in [5.41, 5.74) is 12.8. The summed E-state index contributed by atoms with van der Waals surface area (Å²) in [5.74, 6) is -4.35. The van der Waals surface area contributed by atoms with Crippen LogP contribution >= 0.6 is 0 Å². The molecule has 3 unspecified atom stereocenters. The molecule has 2 aromatic carbocycles. The van der Waals surface area contributed by atoms with Gasteiger partial charge < -0.3 is 37.1 Å². The van der Waals surface area contributed by atoms with Crippen molar-refractivity contribution in [2.45, 2.75) is 104 Å². The average Bonchev–Trinajstić information content (AvgIpc) is 3.09. The molecule has 0 aliphatic rings. The number of ketones is 1. The zero-order chi connectivity index (χ0) is 37.6. The lowest BCUT2D eigenvalue weighted by atomic mass is 9.84. The molecule has 276 valence electrons. The molecule has 0 aromatic heterocycles. The molecule has 0 saturated carbocycles. The van der Waals surface area contributed by atoms with Crippen molar-refractivity contribution < 1.29 is 38.9 Å². The SMILES string of the molecule is CCCCCC(O)C(=O)C(NC(=O)[C@](C)(N)C(CO)CNC(=O)[C@H](C)N(C(=O)OCc1ccccc1-c1ccccc1)C(=O)[C@H](C)N)C(C)C. The van der Waals surface area contributed by atoms with Gasteiger partial charge in [0.2, 0.25) is 17.7 Å². The van der Waals surface area contributed by atoms with Gasteiger partial charge in [0, 0.05) is 19.1 Å². The molecule has 2 aromatic rings. The molecule has 0 radical (unpaired) electrons. The fourth-order valence-corrected chi connectivity index (χ4v) is 5.35. The first kappa shape index (κ1) is 42.0. The molecule has 13 nitrogen and oxygen atoms in total. The van der Waals surface area contributed by atoms with E-state index in [0.717, 1.165) is 24.0 Å². The fraction of sp³-hybridized carbons (Fsp3) is 0.541. The second kappa shape index (κ2) is 19.9. The maximum atomic E-state index is 13.4. The van der Waals surface area contributed by atoms with Gasteiger partial charge in [-0.25, -0.2) is 9.69 Å². The Morgan fingerprint density at radius 2 is 1.58 bits per heavy atom. The summed E-state index contributed by atoms with van der Waals surface area (Å²) >= 11 is 0. The summed E-state index contributed by atoms with van der Waals surface area (Å²) in [5, 5.41) is 25.8. The molecule has 50 heavy (non-hydrogen) atoms. The van der Waals surface area contributed by atoms with Crippen molar-refractivity contribution >= 4 is 29.6 Å². The average molecular weight is 698 g/mol. The van der Waals surface area contributed by atoms with Gasteiger partial charge in [-0.15, -0.1) is 0 Å². The smallest absolute Gasteiger partial charge is 0.417 e. The lowest BCUT2D eigenvalue weighted by molar-refractivity contribution is -0.139. The first-order valence-electron chi connectivity index (χ1n) is 17.2. The number of Topliss-reactive ketones (excluding diaryl/α,β-unsaturated/α-hetero) is 1. The summed E-state index contributed by atoms with van der Waals surface area (Å²) in [4.78, 5) is 66.8. The molecule has 0 aliphatic carbocycles. The van der Waals surface area contributed by atoms with Gasteiger partial charge in [0.05, 0.1) is 17.6 Å². The number of imide groups is 1. The second-order valence-corrected chi connectivity index (χ2v) is 13.3. The summed E-state index contributed by atoms with van der Waals surface area (Å²) in [6.07, 6.45) is 0.374. The maximum absolute atomic E-state index is 13.4. The Hall–Kier alpha value is -4.17. The number of nitrogens with zero attached hydrogens (tertiary/aromatic N) is 1. The number of carbonyl (C=O) groups excluding carboxylic acids is 5. The van der Waals surface area contributed by atoms with Crippen LogP contribution in [-0.2, 0) is 30.5 Å². The van der Waals surface area contributed by atoms with Crippen LogP contribution in [0.15, 0.2) is 54.6 Å². The Bertz CT molecular complexity index is 1430. The number of carbonyl (C=O) groups is 5. The van der Waals surface area contributed by atoms with Crippen molar-refractivity contribution in [1.82, 2.24) is 15.5 Å². The number of aliphatic hydroxyl groups excluding tert-OH is 2. The van der Waals surface area contributed by atoms with Gasteiger partial charge in [-0.05, 0) is 49.8 Å². The van der Waals surface area contributed by atoms with Crippen molar-refractivity contribution in [1.29, 1.82) is 0 Å². The quantitative estimate of drug-likeness (QED) is 0.118. The summed E-state index contributed by atoms with van der Waals surface area (Å²) in [7, 11) is 0. The van der Waals surface area contributed by atoms with Gasteiger partial charge in [0.15, 0.2) is 5.78 Å². The van der Waals surface area contributed by atoms with E-state index in [1.807, 2.05) is 49.4 Å². The van der Waals surface area contributed by atoms with E-state index in [4.69, 9.17) is 16.2 Å². The molecule has 0 fully saturated rings. The van der Waals surface area contributed by atoms with Gasteiger partial charge in [-0.2, -0.15) is 0 Å². The van der Waals surface area contributed by atoms with Crippen molar-refractivity contribution in [3.05, 3.63) is 60.2 Å². The largest absolute Gasteiger partial charge is 0.444 e. The van der Waals surface area contributed by atoms with Crippen LogP contribution in [-0.4, -0.2) is 87.6 Å². The van der Waals surface area contributed by atoms with E-state index in [-0.39, 0.29) is 25.5 Å². The van der Waals surface area contributed by atoms with Crippen molar-refractivity contribution in [3.63, 3.8) is 0 Å². The highest BCUT2D eigenvalue weighted by molar-refractivity contribution is 6.00. The molecule has 0 bridgehead atoms. The van der Waals surface area contributed by atoms with Crippen LogP contribution in [0.5, 0.6) is 0 Å². The number of aliphatic hydroxyl groups is 2. The van der Waals surface area contributed by atoms with Gasteiger partial charge in [-0.3, -0.25) is 19.2 Å². The number of hydrogen-bond acceptors (Lipinski definition) is 10. The van der Waals surface area contributed by atoms with E-state index in [1.165, 1.54) is 20.8 Å². The Morgan fingerprint density at radius 1 is 0.960 bits per heavy atom.